The summed E-state index contributed by atoms with van der Waals surface area (Å²) in [5.41, 5.74) is 3.03. The molecule has 4 rings (SSSR count). The van der Waals surface area contributed by atoms with Crippen LogP contribution in [0.3, 0.4) is 0 Å². The van der Waals surface area contributed by atoms with E-state index in [9.17, 15) is 14.0 Å². The first kappa shape index (κ1) is 28.9. The molecule has 212 valence electrons. The molecule has 0 bridgehead atoms. The summed E-state index contributed by atoms with van der Waals surface area (Å²) in [6.07, 6.45) is 0. The highest BCUT2D eigenvalue weighted by atomic mass is 19.1. The average Bonchev–Trinajstić information content (AvgIpc) is 2.99. The predicted molar refractivity (Wildman–Crippen MR) is 158 cm³/mol. The zero-order valence-corrected chi connectivity index (χ0v) is 23.5. The fourth-order valence-corrected chi connectivity index (χ4v) is 4.95. The SMILES string of the molecule is CCN(CC)CCNC(=O)c1cc(NC(=O)c2cccc(F)c2)ccc1N1CCN(c2ccccc2OC)CC1. The van der Waals surface area contributed by atoms with Gasteiger partial charge in [-0.2, -0.15) is 0 Å². The van der Waals surface area contributed by atoms with Crippen molar-refractivity contribution < 1.29 is 18.7 Å². The number of benzene rings is 3. The van der Waals surface area contributed by atoms with Crippen molar-refractivity contribution in [2.24, 2.45) is 0 Å². The van der Waals surface area contributed by atoms with Crippen LogP contribution in [0.2, 0.25) is 0 Å². The molecule has 0 saturated carbocycles. The summed E-state index contributed by atoms with van der Waals surface area (Å²) in [5, 5.41) is 5.86. The van der Waals surface area contributed by atoms with Crippen LogP contribution >= 0.6 is 0 Å². The Morgan fingerprint density at radius 3 is 2.25 bits per heavy atom. The Balaban J connectivity index is 1.53. The topological polar surface area (TPSA) is 77.2 Å². The number of methoxy groups -OCH3 is 1. The minimum atomic E-state index is -0.483. The first-order chi connectivity index (χ1) is 19.4. The van der Waals surface area contributed by atoms with Crippen molar-refractivity contribution in [1.29, 1.82) is 0 Å². The van der Waals surface area contributed by atoms with Gasteiger partial charge in [0.15, 0.2) is 0 Å². The Morgan fingerprint density at radius 1 is 0.875 bits per heavy atom. The molecule has 1 aliphatic heterocycles. The van der Waals surface area contributed by atoms with Crippen LogP contribution in [0.1, 0.15) is 34.6 Å². The number of hydrogen-bond acceptors (Lipinski definition) is 6. The highest BCUT2D eigenvalue weighted by Crippen LogP contribution is 2.31. The van der Waals surface area contributed by atoms with E-state index in [1.807, 2.05) is 24.3 Å². The molecule has 3 aromatic carbocycles. The number of carbonyl (C=O) groups is 2. The van der Waals surface area contributed by atoms with Gasteiger partial charge in [0.2, 0.25) is 0 Å². The van der Waals surface area contributed by atoms with Crippen LogP contribution in [0.4, 0.5) is 21.5 Å². The minimum absolute atomic E-state index is 0.198. The summed E-state index contributed by atoms with van der Waals surface area (Å²) in [5.74, 6) is -0.284. The van der Waals surface area contributed by atoms with E-state index >= 15 is 0 Å². The third-order valence-corrected chi connectivity index (χ3v) is 7.24. The van der Waals surface area contributed by atoms with Gasteiger partial charge >= 0.3 is 0 Å². The van der Waals surface area contributed by atoms with Gasteiger partial charge in [0, 0.05) is 56.2 Å². The van der Waals surface area contributed by atoms with Crippen molar-refractivity contribution in [2.75, 3.05) is 74.6 Å². The lowest BCUT2D eigenvalue weighted by Crippen LogP contribution is -2.47. The van der Waals surface area contributed by atoms with E-state index in [0.717, 1.165) is 49.8 Å². The number of piperazine rings is 1. The molecule has 1 fully saturated rings. The van der Waals surface area contributed by atoms with Crippen LogP contribution in [0, 0.1) is 5.82 Å². The molecular weight excluding hydrogens is 509 g/mol. The van der Waals surface area contributed by atoms with E-state index in [1.54, 1.807) is 25.3 Å². The molecule has 40 heavy (non-hydrogen) atoms. The predicted octanol–water partition coefficient (Wildman–Crippen LogP) is 4.48. The molecule has 0 aliphatic carbocycles. The molecule has 1 aliphatic rings. The number of rotatable bonds is 11. The van der Waals surface area contributed by atoms with Gasteiger partial charge in [-0.15, -0.1) is 0 Å². The van der Waals surface area contributed by atoms with Crippen LogP contribution in [-0.2, 0) is 0 Å². The normalized spacial score (nSPS) is 13.3. The molecule has 2 N–H and O–H groups in total. The highest BCUT2D eigenvalue weighted by Gasteiger charge is 2.24. The number of anilines is 3. The van der Waals surface area contributed by atoms with Crippen molar-refractivity contribution in [3.63, 3.8) is 0 Å². The van der Waals surface area contributed by atoms with Gasteiger partial charge in [0.25, 0.3) is 11.8 Å². The van der Waals surface area contributed by atoms with E-state index < -0.39 is 11.7 Å². The van der Waals surface area contributed by atoms with E-state index in [-0.39, 0.29) is 11.5 Å². The van der Waals surface area contributed by atoms with E-state index in [1.165, 1.54) is 18.2 Å². The molecule has 0 aromatic heterocycles. The molecule has 0 radical (unpaired) electrons. The van der Waals surface area contributed by atoms with Crippen molar-refractivity contribution in [3.8, 4) is 5.75 Å². The van der Waals surface area contributed by atoms with Gasteiger partial charge < -0.3 is 30.1 Å². The maximum atomic E-state index is 13.6. The van der Waals surface area contributed by atoms with Crippen molar-refractivity contribution in [1.82, 2.24) is 10.2 Å². The summed E-state index contributed by atoms with van der Waals surface area (Å²) in [4.78, 5) is 32.9. The Kier molecular flexibility index (Phi) is 9.96. The third kappa shape index (κ3) is 7.09. The second kappa shape index (κ2) is 13.8. The Hall–Kier alpha value is -4.11. The Morgan fingerprint density at radius 2 is 1.57 bits per heavy atom. The zero-order valence-electron chi connectivity index (χ0n) is 23.5. The molecule has 1 saturated heterocycles. The van der Waals surface area contributed by atoms with Crippen molar-refractivity contribution in [2.45, 2.75) is 13.8 Å². The first-order valence-electron chi connectivity index (χ1n) is 13.8. The van der Waals surface area contributed by atoms with Gasteiger partial charge in [-0.3, -0.25) is 9.59 Å². The van der Waals surface area contributed by atoms with Crippen molar-refractivity contribution >= 4 is 28.9 Å². The van der Waals surface area contributed by atoms with Crippen LogP contribution in [0.5, 0.6) is 5.75 Å². The van der Waals surface area contributed by atoms with Crippen LogP contribution in [0.15, 0.2) is 66.7 Å². The number of nitrogens with zero attached hydrogens (tertiary/aromatic N) is 3. The lowest BCUT2D eigenvalue weighted by molar-refractivity contribution is 0.0948. The molecule has 9 heteroatoms. The summed E-state index contributed by atoms with van der Waals surface area (Å²) in [6.45, 7) is 10.2. The van der Waals surface area contributed by atoms with Crippen LogP contribution in [-0.4, -0.2) is 76.2 Å². The smallest absolute Gasteiger partial charge is 0.255 e. The molecule has 1 heterocycles. The number of hydrogen-bond donors (Lipinski definition) is 2. The van der Waals surface area contributed by atoms with Crippen molar-refractivity contribution in [3.05, 3.63) is 83.7 Å². The average molecular weight is 548 g/mol. The number of likely N-dealkylation sites (N-methyl/N-ethyl adjacent to an activating group) is 1. The molecule has 0 unspecified atom stereocenters. The van der Waals surface area contributed by atoms with Gasteiger partial charge in [-0.05, 0) is 61.6 Å². The lowest BCUT2D eigenvalue weighted by Gasteiger charge is -2.38. The molecule has 3 aromatic rings. The number of ether oxygens (including phenoxy) is 1. The summed E-state index contributed by atoms with van der Waals surface area (Å²) >= 11 is 0. The minimum Gasteiger partial charge on any atom is -0.495 e. The lowest BCUT2D eigenvalue weighted by atomic mass is 10.1. The first-order valence-corrected chi connectivity index (χ1v) is 13.8. The zero-order chi connectivity index (χ0) is 28.5. The molecule has 0 spiro atoms. The number of para-hydroxylation sites is 2. The summed E-state index contributed by atoms with van der Waals surface area (Å²) in [6, 6.07) is 18.8. The van der Waals surface area contributed by atoms with E-state index in [2.05, 4.69) is 45.2 Å². The molecular formula is C31H38FN5O3. The largest absolute Gasteiger partial charge is 0.495 e. The molecule has 2 amide bonds. The molecule has 0 atom stereocenters. The second-order valence-corrected chi connectivity index (χ2v) is 9.63. The van der Waals surface area contributed by atoms with Gasteiger partial charge in [-0.25, -0.2) is 4.39 Å². The maximum Gasteiger partial charge on any atom is 0.255 e. The quantitative estimate of drug-likeness (QED) is 0.369. The second-order valence-electron chi connectivity index (χ2n) is 9.63. The summed E-state index contributed by atoms with van der Waals surface area (Å²) in [7, 11) is 1.68. The third-order valence-electron chi connectivity index (χ3n) is 7.24. The fraction of sp³-hybridized carbons (Fsp3) is 0.355. The van der Waals surface area contributed by atoms with Crippen LogP contribution < -0.4 is 25.2 Å². The standard InChI is InChI=1S/C31H38FN5O3/c1-4-35(5-2)16-15-33-31(39)26-22-25(34-30(38)23-9-8-10-24(32)21-23)13-14-27(26)36-17-19-37(20-18-36)28-11-6-7-12-29(28)40-3/h6-14,21-22H,4-5,15-20H2,1-3H3,(H,33,39)(H,34,38). The van der Waals surface area contributed by atoms with Crippen LogP contribution in [0.25, 0.3) is 0 Å². The number of amides is 2. The van der Waals surface area contributed by atoms with E-state index in [0.29, 0.717) is 30.9 Å². The maximum absolute atomic E-state index is 13.6. The Labute approximate surface area is 235 Å². The van der Waals surface area contributed by atoms with Gasteiger partial charge in [-0.1, -0.05) is 32.0 Å². The van der Waals surface area contributed by atoms with E-state index in [4.69, 9.17) is 4.74 Å². The number of nitrogens with one attached hydrogen (secondary N) is 2. The monoisotopic (exact) mass is 547 g/mol. The summed E-state index contributed by atoms with van der Waals surface area (Å²) < 4.78 is 19.2. The number of carbonyl (C=O) groups excluding carboxylic acids is 2. The van der Waals surface area contributed by atoms with Gasteiger partial charge in [0.05, 0.1) is 18.4 Å². The number of halogens is 1. The Bertz CT molecular complexity index is 1310. The fourth-order valence-electron chi connectivity index (χ4n) is 4.95. The molecule has 8 nitrogen and oxygen atoms in total. The van der Waals surface area contributed by atoms with Gasteiger partial charge in [0.1, 0.15) is 11.6 Å². The highest BCUT2D eigenvalue weighted by molar-refractivity contribution is 6.06.